The SMILES string of the molecule is Cc1[nH]cc([N+](=O)[O-])[n+]1CC(=O)NN=Cc1cccc([N+](=O)[O-])c1. The Bertz CT molecular complexity index is 828. The molecule has 0 aliphatic rings. The van der Waals surface area contributed by atoms with Crippen molar-refractivity contribution in [3.05, 3.63) is 62.1 Å². The van der Waals surface area contributed by atoms with Crippen molar-refractivity contribution in [2.24, 2.45) is 5.10 Å². The van der Waals surface area contributed by atoms with Gasteiger partial charge in [-0.05, 0) is 0 Å². The summed E-state index contributed by atoms with van der Waals surface area (Å²) >= 11 is 0. The van der Waals surface area contributed by atoms with Gasteiger partial charge >= 0.3 is 11.7 Å². The number of aromatic nitrogens is 2. The molecule has 2 N–H and O–H groups in total. The van der Waals surface area contributed by atoms with Crippen LogP contribution in [0.4, 0.5) is 11.5 Å². The number of carbonyl (C=O) groups excluding carboxylic acids is 1. The Hall–Kier alpha value is -3.63. The minimum Gasteiger partial charge on any atom is -0.301 e. The summed E-state index contributed by atoms with van der Waals surface area (Å²) in [5.41, 5.74) is 2.55. The van der Waals surface area contributed by atoms with Crippen molar-refractivity contribution < 1.29 is 19.2 Å². The second-order valence-electron chi connectivity index (χ2n) is 4.72. The summed E-state index contributed by atoms with van der Waals surface area (Å²) in [6, 6.07) is 5.70. The number of amides is 1. The third kappa shape index (κ3) is 3.97. The van der Waals surface area contributed by atoms with Gasteiger partial charge in [-0.1, -0.05) is 12.1 Å². The first kappa shape index (κ1) is 16.7. The van der Waals surface area contributed by atoms with Crippen molar-refractivity contribution in [1.29, 1.82) is 0 Å². The number of aromatic amines is 1. The van der Waals surface area contributed by atoms with Gasteiger partial charge in [0, 0.05) is 24.6 Å². The maximum atomic E-state index is 11.8. The zero-order valence-corrected chi connectivity index (χ0v) is 12.5. The molecule has 0 atom stereocenters. The number of hydrogen-bond donors (Lipinski definition) is 2. The van der Waals surface area contributed by atoms with E-state index < -0.39 is 15.8 Å². The molecule has 1 heterocycles. The Balaban J connectivity index is 2.01. The molecule has 11 nitrogen and oxygen atoms in total. The first-order valence-corrected chi connectivity index (χ1v) is 6.67. The maximum Gasteiger partial charge on any atom is 0.519 e. The fourth-order valence-corrected chi connectivity index (χ4v) is 1.92. The second kappa shape index (κ2) is 7.09. The number of nitrogens with one attached hydrogen (secondary N) is 2. The van der Waals surface area contributed by atoms with E-state index >= 15 is 0 Å². The van der Waals surface area contributed by atoms with Gasteiger partial charge in [0.2, 0.25) is 6.54 Å². The Labute approximate surface area is 134 Å². The number of benzene rings is 1. The molecule has 24 heavy (non-hydrogen) atoms. The van der Waals surface area contributed by atoms with Gasteiger partial charge in [0.25, 0.3) is 11.5 Å². The number of hydrazone groups is 1. The van der Waals surface area contributed by atoms with Crippen LogP contribution < -0.4 is 9.99 Å². The van der Waals surface area contributed by atoms with Gasteiger partial charge in [-0.2, -0.15) is 5.10 Å². The molecule has 1 aromatic carbocycles. The molecule has 0 saturated carbocycles. The molecule has 0 aliphatic heterocycles. The third-order valence-corrected chi connectivity index (χ3v) is 3.06. The number of nitro groups is 2. The molecule has 0 spiro atoms. The highest BCUT2D eigenvalue weighted by molar-refractivity contribution is 5.82. The molecular formula is C13H13N6O5+. The topological polar surface area (TPSA) is 147 Å². The number of aryl methyl sites for hydroxylation is 1. The number of non-ortho nitro benzene ring substituents is 1. The average Bonchev–Trinajstić information content (AvgIpc) is 2.89. The molecule has 0 unspecified atom stereocenters. The molecule has 0 fully saturated rings. The molecule has 0 radical (unpaired) electrons. The molecule has 124 valence electrons. The minimum atomic E-state index is -0.608. The number of carbonyl (C=O) groups is 1. The smallest absolute Gasteiger partial charge is 0.301 e. The van der Waals surface area contributed by atoms with Crippen LogP contribution in [0.2, 0.25) is 0 Å². The van der Waals surface area contributed by atoms with E-state index in [2.05, 4.69) is 15.5 Å². The van der Waals surface area contributed by atoms with Gasteiger partial charge in [-0.15, -0.1) is 4.57 Å². The average molecular weight is 333 g/mol. The Kier molecular flexibility index (Phi) is 4.94. The minimum absolute atomic E-state index is 0.0978. The highest BCUT2D eigenvalue weighted by Gasteiger charge is 2.28. The van der Waals surface area contributed by atoms with E-state index in [9.17, 15) is 25.0 Å². The summed E-state index contributed by atoms with van der Waals surface area (Å²) in [5, 5.41) is 25.2. The number of imidazole rings is 1. The van der Waals surface area contributed by atoms with Crippen LogP contribution in [-0.4, -0.2) is 27.0 Å². The van der Waals surface area contributed by atoms with Crippen molar-refractivity contribution in [1.82, 2.24) is 10.4 Å². The monoisotopic (exact) mass is 333 g/mol. The van der Waals surface area contributed by atoms with Crippen LogP contribution in [0.15, 0.2) is 35.6 Å². The molecule has 11 heteroatoms. The largest absolute Gasteiger partial charge is 0.519 e. The number of H-pyrrole nitrogens is 1. The molecule has 2 aromatic rings. The molecule has 2 rings (SSSR count). The zero-order valence-electron chi connectivity index (χ0n) is 12.5. The van der Waals surface area contributed by atoms with Crippen molar-refractivity contribution in [2.45, 2.75) is 13.5 Å². The van der Waals surface area contributed by atoms with Gasteiger partial charge < -0.3 is 4.98 Å². The predicted octanol–water partition coefficient (Wildman–Crippen LogP) is 0.577. The Morgan fingerprint density at radius 3 is 2.79 bits per heavy atom. The third-order valence-electron chi connectivity index (χ3n) is 3.06. The fourth-order valence-electron chi connectivity index (χ4n) is 1.92. The quantitative estimate of drug-likeness (QED) is 0.343. The lowest BCUT2D eigenvalue weighted by Crippen LogP contribution is -2.44. The number of rotatable bonds is 6. The van der Waals surface area contributed by atoms with E-state index in [0.717, 1.165) is 0 Å². The summed E-state index contributed by atoms with van der Waals surface area (Å²) in [4.78, 5) is 34.8. The molecule has 0 bridgehead atoms. The highest BCUT2D eigenvalue weighted by atomic mass is 16.6. The lowest BCUT2D eigenvalue weighted by atomic mass is 10.2. The molecule has 0 saturated heterocycles. The summed E-state index contributed by atoms with van der Waals surface area (Å²) < 4.78 is 1.19. The van der Waals surface area contributed by atoms with Crippen LogP contribution >= 0.6 is 0 Å². The van der Waals surface area contributed by atoms with Gasteiger partial charge in [0.15, 0.2) is 6.20 Å². The second-order valence-corrected chi connectivity index (χ2v) is 4.72. The fraction of sp³-hybridized carbons (Fsp3) is 0.154. The molecule has 1 aromatic heterocycles. The summed E-state index contributed by atoms with van der Waals surface area (Å²) in [5.74, 6) is -0.377. The number of nitrogens with zero attached hydrogens (tertiary/aromatic N) is 4. The van der Waals surface area contributed by atoms with Crippen LogP contribution in [0, 0.1) is 27.2 Å². The van der Waals surface area contributed by atoms with E-state index in [4.69, 9.17) is 0 Å². The lowest BCUT2D eigenvalue weighted by molar-refractivity contribution is -0.728. The van der Waals surface area contributed by atoms with E-state index in [1.54, 1.807) is 13.0 Å². The Morgan fingerprint density at radius 2 is 2.12 bits per heavy atom. The number of nitro benzene ring substituents is 1. The van der Waals surface area contributed by atoms with Crippen molar-refractivity contribution in [3.8, 4) is 0 Å². The molecular weight excluding hydrogens is 320 g/mol. The molecule has 0 aliphatic carbocycles. The highest BCUT2D eigenvalue weighted by Crippen LogP contribution is 2.11. The zero-order chi connectivity index (χ0) is 17.7. The standard InChI is InChI=1S/C13H12N6O5/c1-9-14-7-13(19(23)24)17(9)8-12(20)16-15-6-10-3-2-4-11(5-10)18(21)22/h2-7H,8H2,1H3,(H,16,20)/p+1. The van der Waals surface area contributed by atoms with Crippen LogP contribution in [0.3, 0.4) is 0 Å². The first-order valence-electron chi connectivity index (χ1n) is 6.67. The van der Waals surface area contributed by atoms with Crippen LogP contribution in [-0.2, 0) is 11.3 Å². The van der Waals surface area contributed by atoms with Crippen molar-refractivity contribution in [2.75, 3.05) is 0 Å². The van der Waals surface area contributed by atoms with E-state index in [0.29, 0.717) is 11.4 Å². The number of hydrogen-bond acceptors (Lipinski definition) is 6. The van der Waals surface area contributed by atoms with Crippen LogP contribution in [0.1, 0.15) is 11.4 Å². The van der Waals surface area contributed by atoms with Gasteiger partial charge in [0.1, 0.15) is 4.92 Å². The normalized spacial score (nSPS) is 10.7. The van der Waals surface area contributed by atoms with Crippen molar-refractivity contribution >= 4 is 23.6 Å². The predicted molar refractivity (Wildman–Crippen MR) is 81.2 cm³/mol. The maximum absolute atomic E-state index is 11.8. The lowest BCUT2D eigenvalue weighted by Gasteiger charge is -1.97. The van der Waals surface area contributed by atoms with Gasteiger partial charge in [-0.3, -0.25) is 25.0 Å². The summed E-state index contributed by atoms with van der Waals surface area (Å²) in [6.45, 7) is 1.30. The van der Waals surface area contributed by atoms with E-state index in [1.165, 1.54) is 35.2 Å². The van der Waals surface area contributed by atoms with E-state index in [1.807, 2.05) is 0 Å². The summed E-state index contributed by atoms with van der Waals surface area (Å²) in [7, 11) is 0. The van der Waals surface area contributed by atoms with Crippen LogP contribution in [0.5, 0.6) is 0 Å². The van der Waals surface area contributed by atoms with Crippen LogP contribution in [0.25, 0.3) is 0 Å². The van der Waals surface area contributed by atoms with Gasteiger partial charge in [0.05, 0.1) is 11.1 Å². The Morgan fingerprint density at radius 1 is 1.38 bits per heavy atom. The van der Waals surface area contributed by atoms with Gasteiger partial charge in [-0.25, -0.2) is 5.43 Å². The van der Waals surface area contributed by atoms with Crippen molar-refractivity contribution in [3.63, 3.8) is 0 Å². The molecule has 1 amide bonds. The summed E-state index contributed by atoms with van der Waals surface area (Å²) in [6.07, 6.45) is 2.43. The first-order chi connectivity index (χ1) is 11.4. The van der Waals surface area contributed by atoms with E-state index in [-0.39, 0.29) is 18.1 Å².